The van der Waals surface area contributed by atoms with Gasteiger partial charge in [0.05, 0.1) is 0 Å². The summed E-state index contributed by atoms with van der Waals surface area (Å²) >= 11 is 0. The highest BCUT2D eigenvalue weighted by molar-refractivity contribution is 6.92. The van der Waals surface area contributed by atoms with Crippen molar-refractivity contribution in [3.05, 3.63) is 94.7 Å². The van der Waals surface area contributed by atoms with Crippen LogP contribution in [0.1, 0.15) is 101 Å². The lowest BCUT2D eigenvalue weighted by atomic mass is 9.91. The minimum atomic E-state index is -2.46. The van der Waals surface area contributed by atoms with Crippen molar-refractivity contribution in [1.82, 2.24) is 0 Å². The Balaban J connectivity index is 2.39. The van der Waals surface area contributed by atoms with Crippen molar-refractivity contribution in [2.45, 2.75) is 98.7 Å². The quantitative estimate of drug-likeness (QED) is 0.248. The lowest BCUT2D eigenvalue weighted by Gasteiger charge is -2.36. The van der Waals surface area contributed by atoms with Gasteiger partial charge < -0.3 is 13.9 Å². The molecule has 0 radical (unpaired) electrons. The second-order valence-corrected chi connectivity index (χ2v) is 20.8. The molecule has 1 saturated heterocycles. The minimum absolute atomic E-state index is 0.421. The zero-order valence-corrected chi connectivity index (χ0v) is 29.1. The van der Waals surface area contributed by atoms with E-state index in [2.05, 4.69) is 146 Å². The fourth-order valence-electron chi connectivity index (χ4n) is 5.83. The average molecular weight is 575 g/mol. The molecule has 40 heavy (non-hydrogen) atoms. The lowest BCUT2D eigenvalue weighted by Crippen LogP contribution is -2.44. The van der Waals surface area contributed by atoms with Crippen LogP contribution in [0, 0.1) is 0 Å². The Morgan fingerprint density at radius 2 is 1.00 bits per heavy atom. The predicted octanol–water partition coefficient (Wildman–Crippen LogP) is 10.1. The van der Waals surface area contributed by atoms with Crippen LogP contribution >= 0.6 is 0 Å². The Bertz CT molecular complexity index is 1120. The van der Waals surface area contributed by atoms with Gasteiger partial charge in [0.2, 0.25) is 8.32 Å². The molecule has 2 aromatic carbocycles. The number of para-hydroxylation sites is 2. The topological polar surface area (TPSA) is 15.7 Å². The van der Waals surface area contributed by atoms with Crippen LogP contribution in [-0.4, -0.2) is 29.7 Å². The Morgan fingerprint density at radius 1 is 0.650 bits per heavy atom. The van der Waals surface area contributed by atoms with Gasteiger partial charge in [0, 0.05) is 24.5 Å². The zero-order valence-electron chi connectivity index (χ0n) is 27.1. The molecule has 0 saturated carbocycles. The molecule has 0 spiro atoms. The number of anilines is 2. The molecule has 0 aromatic heterocycles. The second-order valence-electron chi connectivity index (χ2n) is 13.3. The summed E-state index contributed by atoms with van der Waals surface area (Å²) in [5.41, 5.74) is 15.0. The first-order valence-electron chi connectivity index (χ1n) is 15.2. The van der Waals surface area contributed by atoms with Crippen molar-refractivity contribution >= 4 is 28.0 Å². The number of rotatable bonds is 11. The van der Waals surface area contributed by atoms with Crippen molar-refractivity contribution < 1.29 is 4.12 Å². The van der Waals surface area contributed by atoms with Gasteiger partial charge in [0.15, 0.2) is 8.32 Å². The Hall–Kier alpha value is -2.35. The van der Waals surface area contributed by atoms with E-state index in [9.17, 15) is 0 Å². The molecule has 5 heteroatoms. The first-order valence-corrected chi connectivity index (χ1v) is 20.7. The zero-order chi connectivity index (χ0) is 30.0. The molecular formula is C35H54N2OSi2. The van der Waals surface area contributed by atoms with Gasteiger partial charge in [-0.2, -0.15) is 0 Å². The van der Waals surface area contributed by atoms with Gasteiger partial charge in [-0.05, 0) is 71.3 Å². The van der Waals surface area contributed by atoms with E-state index < -0.39 is 16.6 Å². The highest BCUT2D eigenvalue weighted by atomic mass is 28.4. The molecule has 218 valence electrons. The third-order valence-electron chi connectivity index (χ3n) is 8.12. The van der Waals surface area contributed by atoms with E-state index >= 15 is 0 Å². The standard InChI is InChI=1S/C35H54N2OSi2/c1-14-39(11,12)38-40(13,15-2)24-33-36(34-29(25(3)4)18-16-19-30(34)26(5)6)22-23-37(33)35-31(27(7)8)20-17-21-32(35)28(9)10/h14-21,24-28H,1-2,22-23H2,3-13H3. The summed E-state index contributed by atoms with van der Waals surface area (Å²) in [5, 5.41) is 0. The number of nitrogens with zero attached hydrogens (tertiary/aromatic N) is 2. The summed E-state index contributed by atoms with van der Waals surface area (Å²) in [4.78, 5) is 5.21. The highest BCUT2D eigenvalue weighted by Crippen LogP contribution is 2.44. The number of hydrogen-bond donors (Lipinski definition) is 0. The fourth-order valence-corrected chi connectivity index (χ4v) is 12.2. The van der Waals surface area contributed by atoms with Gasteiger partial charge in [-0.3, -0.25) is 0 Å². The molecule has 0 bridgehead atoms. The van der Waals surface area contributed by atoms with Crippen LogP contribution in [0.3, 0.4) is 0 Å². The molecule has 3 rings (SSSR count). The summed E-state index contributed by atoms with van der Waals surface area (Å²) in [6, 6.07) is 13.8. The van der Waals surface area contributed by atoms with Crippen molar-refractivity contribution in [3.63, 3.8) is 0 Å². The number of hydrogen-bond acceptors (Lipinski definition) is 3. The maximum Gasteiger partial charge on any atom is 0.230 e. The maximum absolute atomic E-state index is 6.98. The Labute approximate surface area is 247 Å². The van der Waals surface area contributed by atoms with E-state index in [0.717, 1.165) is 13.1 Å². The van der Waals surface area contributed by atoms with Crippen molar-refractivity contribution in [1.29, 1.82) is 0 Å². The Kier molecular flexibility index (Phi) is 10.2. The molecule has 0 N–H and O–H groups in total. The molecular weight excluding hydrogens is 521 g/mol. The molecule has 0 amide bonds. The largest absolute Gasteiger partial charge is 0.446 e. The molecule has 0 aliphatic carbocycles. The molecule has 1 unspecified atom stereocenters. The van der Waals surface area contributed by atoms with Crippen LogP contribution in [0.2, 0.25) is 19.6 Å². The third kappa shape index (κ3) is 6.75. The maximum atomic E-state index is 6.98. The molecule has 1 aliphatic rings. The van der Waals surface area contributed by atoms with Crippen LogP contribution < -0.4 is 9.80 Å². The SMILES string of the molecule is C=C[Si](C)(C)O[Si](C)(C=C)C=C1N(c2c(C(C)C)cccc2C(C)C)CCN1c1c(C(C)C)cccc1C(C)C. The van der Waals surface area contributed by atoms with Gasteiger partial charge in [-0.1, -0.05) is 103 Å². The van der Waals surface area contributed by atoms with Crippen LogP contribution in [0.4, 0.5) is 11.4 Å². The predicted molar refractivity (Wildman–Crippen MR) is 183 cm³/mol. The van der Waals surface area contributed by atoms with Crippen molar-refractivity contribution in [3.8, 4) is 0 Å². The highest BCUT2D eigenvalue weighted by Gasteiger charge is 2.38. The van der Waals surface area contributed by atoms with E-state index in [1.54, 1.807) is 0 Å². The molecule has 2 aromatic rings. The first-order chi connectivity index (χ1) is 18.7. The second kappa shape index (κ2) is 12.7. The molecule has 1 fully saturated rings. The van der Waals surface area contributed by atoms with Crippen LogP contribution in [-0.2, 0) is 4.12 Å². The van der Waals surface area contributed by atoms with Crippen LogP contribution in [0.5, 0.6) is 0 Å². The van der Waals surface area contributed by atoms with E-state index in [0.29, 0.717) is 23.7 Å². The smallest absolute Gasteiger partial charge is 0.230 e. The van der Waals surface area contributed by atoms with E-state index in [1.165, 1.54) is 39.4 Å². The van der Waals surface area contributed by atoms with Gasteiger partial charge in [-0.15, -0.1) is 13.2 Å². The van der Waals surface area contributed by atoms with E-state index in [4.69, 9.17) is 4.12 Å². The summed E-state index contributed by atoms with van der Waals surface area (Å²) in [5.74, 6) is 2.93. The summed E-state index contributed by atoms with van der Waals surface area (Å²) in [7, 11) is -4.51. The van der Waals surface area contributed by atoms with Gasteiger partial charge in [-0.25, -0.2) is 0 Å². The van der Waals surface area contributed by atoms with Gasteiger partial charge in [0.1, 0.15) is 5.82 Å². The van der Waals surface area contributed by atoms with Gasteiger partial charge >= 0.3 is 0 Å². The van der Waals surface area contributed by atoms with Crippen molar-refractivity contribution in [2.75, 3.05) is 22.9 Å². The number of benzene rings is 2. The normalized spacial score (nSPS) is 15.9. The van der Waals surface area contributed by atoms with E-state index in [1.807, 2.05) is 5.70 Å². The summed E-state index contributed by atoms with van der Waals surface area (Å²) in [6.07, 6.45) is 0. The third-order valence-corrected chi connectivity index (χ3v) is 14.6. The average Bonchev–Trinajstić information content (AvgIpc) is 3.29. The monoisotopic (exact) mass is 574 g/mol. The minimum Gasteiger partial charge on any atom is -0.446 e. The Morgan fingerprint density at radius 3 is 1.27 bits per heavy atom. The van der Waals surface area contributed by atoms with Crippen molar-refractivity contribution in [2.24, 2.45) is 0 Å². The van der Waals surface area contributed by atoms with Crippen LogP contribution in [0.15, 0.2) is 72.5 Å². The molecule has 1 atom stereocenters. The molecule has 3 nitrogen and oxygen atoms in total. The van der Waals surface area contributed by atoms with E-state index in [-0.39, 0.29) is 0 Å². The van der Waals surface area contributed by atoms with Gasteiger partial charge in [0.25, 0.3) is 0 Å². The first kappa shape index (κ1) is 32.2. The summed E-state index contributed by atoms with van der Waals surface area (Å²) in [6.45, 7) is 35.6. The molecule has 1 heterocycles. The fraction of sp³-hybridized carbons (Fsp3) is 0.486. The summed E-state index contributed by atoms with van der Waals surface area (Å²) < 4.78 is 6.98. The van der Waals surface area contributed by atoms with Crippen LogP contribution in [0.25, 0.3) is 0 Å². The lowest BCUT2D eigenvalue weighted by molar-refractivity contribution is 0.576. The molecule has 1 aliphatic heterocycles.